The van der Waals surface area contributed by atoms with E-state index in [-0.39, 0.29) is 5.92 Å². The smallest absolute Gasteiger partial charge is 0.0704 e. The summed E-state index contributed by atoms with van der Waals surface area (Å²) >= 11 is 0. The van der Waals surface area contributed by atoms with Crippen LogP contribution in [0.3, 0.4) is 0 Å². The van der Waals surface area contributed by atoms with Crippen molar-refractivity contribution in [2.24, 2.45) is 5.92 Å². The second-order valence-corrected chi connectivity index (χ2v) is 5.33. The first kappa shape index (κ1) is 13.9. The van der Waals surface area contributed by atoms with Crippen molar-refractivity contribution in [2.75, 3.05) is 0 Å². The highest BCUT2D eigenvalue weighted by molar-refractivity contribution is 6.40. The molecule has 0 aliphatic carbocycles. The summed E-state index contributed by atoms with van der Waals surface area (Å²) in [6, 6.07) is 12.1. The molecule has 0 saturated carbocycles. The molecule has 92 valence electrons. The molecule has 1 heterocycles. The molecule has 19 heavy (non-hydrogen) atoms. The summed E-state index contributed by atoms with van der Waals surface area (Å²) in [7, 11) is 12.3. The van der Waals surface area contributed by atoms with E-state index in [4.69, 9.17) is 15.7 Å². The fourth-order valence-corrected chi connectivity index (χ4v) is 2.00. The van der Waals surface area contributed by atoms with Gasteiger partial charge in [-0.15, -0.1) is 0 Å². The molecule has 0 amide bonds. The molecule has 2 rings (SSSR count). The van der Waals surface area contributed by atoms with Crippen LogP contribution in [0.25, 0.3) is 11.3 Å². The zero-order valence-electron chi connectivity index (χ0n) is 11.7. The van der Waals surface area contributed by atoms with E-state index in [0.717, 1.165) is 16.8 Å². The Morgan fingerprint density at radius 1 is 1.05 bits per heavy atom. The lowest BCUT2D eigenvalue weighted by Gasteiger charge is -2.30. The maximum absolute atomic E-state index is 6.14. The Labute approximate surface area is 118 Å². The van der Waals surface area contributed by atoms with Crippen molar-refractivity contribution in [1.29, 1.82) is 0 Å². The van der Waals surface area contributed by atoms with Gasteiger partial charge in [0.05, 0.1) is 21.4 Å². The molecule has 0 aliphatic rings. The third kappa shape index (κ3) is 2.75. The van der Waals surface area contributed by atoms with E-state index in [2.05, 4.69) is 24.0 Å². The van der Waals surface area contributed by atoms with Crippen molar-refractivity contribution < 1.29 is 0 Å². The lowest BCUT2D eigenvalue weighted by molar-refractivity contribution is 0.569. The van der Waals surface area contributed by atoms with Gasteiger partial charge in [-0.2, -0.15) is 0 Å². The monoisotopic (exact) mass is 245 g/mol. The minimum absolute atomic E-state index is 0.151. The zero-order valence-corrected chi connectivity index (χ0v) is 11.7. The van der Waals surface area contributed by atoms with Crippen LogP contribution in [-0.2, 0) is 5.21 Å². The molecule has 1 aromatic carbocycles. The fourth-order valence-electron chi connectivity index (χ4n) is 2.00. The molecule has 0 N–H and O–H groups in total. The van der Waals surface area contributed by atoms with Crippen molar-refractivity contribution in [3.8, 4) is 11.3 Å². The van der Waals surface area contributed by atoms with Gasteiger partial charge in [0.15, 0.2) is 0 Å². The molecule has 2 aromatic rings. The Morgan fingerprint density at radius 2 is 1.74 bits per heavy atom. The summed E-state index contributed by atoms with van der Waals surface area (Å²) in [5.41, 5.74) is 4.15. The Hall–Kier alpha value is -1.50. The van der Waals surface area contributed by atoms with Crippen LogP contribution >= 0.6 is 0 Å². The van der Waals surface area contributed by atoms with E-state index in [1.54, 1.807) is 6.20 Å². The average Bonchev–Trinajstić information content (AvgIpc) is 2.39. The Bertz CT molecular complexity index is 559. The summed E-state index contributed by atoms with van der Waals surface area (Å²) in [6.45, 7) is 6.10. The Balaban J connectivity index is 2.37. The first-order chi connectivity index (χ1) is 8.93. The Kier molecular flexibility index (Phi) is 3.84. The van der Waals surface area contributed by atoms with Crippen LogP contribution in [0.1, 0.15) is 25.0 Å². The molecule has 0 aliphatic heterocycles. The molecule has 0 unspecified atom stereocenters. The van der Waals surface area contributed by atoms with Gasteiger partial charge in [-0.3, -0.25) is 4.98 Å². The standard InChI is InChI=1S/C16H17B2N/c1-11(2)16(17,18)13-8-9-15(19-10-13)14-7-5-4-6-12(14)3/h4-11H,1-3H3. The molecule has 4 radical (unpaired) electrons. The van der Waals surface area contributed by atoms with E-state index in [0.29, 0.717) is 0 Å². The summed E-state index contributed by atoms with van der Waals surface area (Å²) in [4.78, 5) is 4.50. The van der Waals surface area contributed by atoms with Crippen LogP contribution in [0, 0.1) is 12.8 Å². The highest BCUT2D eigenvalue weighted by atomic mass is 14.7. The number of aryl methyl sites for hydroxylation is 1. The van der Waals surface area contributed by atoms with Crippen molar-refractivity contribution in [2.45, 2.75) is 26.0 Å². The molecule has 3 heteroatoms. The molecular formula is C16H17B2N. The third-order valence-electron chi connectivity index (χ3n) is 3.64. The first-order valence-corrected chi connectivity index (χ1v) is 6.53. The second-order valence-electron chi connectivity index (χ2n) is 5.33. The first-order valence-electron chi connectivity index (χ1n) is 6.53. The van der Waals surface area contributed by atoms with Crippen molar-refractivity contribution in [3.63, 3.8) is 0 Å². The topological polar surface area (TPSA) is 12.9 Å². The van der Waals surface area contributed by atoms with E-state index in [1.807, 2.05) is 38.1 Å². The largest absolute Gasteiger partial charge is 0.256 e. The molecule has 0 saturated heterocycles. The second kappa shape index (κ2) is 5.24. The van der Waals surface area contributed by atoms with Gasteiger partial charge in [0.2, 0.25) is 0 Å². The van der Waals surface area contributed by atoms with Crippen LogP contribution in [0.15, 0.2) is 42.6 Å². The fraction of sp³-hybridized carbons (Fsp3) is 0.312. The molecular weight excluding hydrogens is 228 g/mol. The highest BCUT2D eigenvalue weighted by Crippen LogP contribution is 2.27. The van der Waals surface area contributed by atoms with Gasteiger partial charge >= 0.3 is 0 Å². The lowest BCUT2D eigenvalue weighted by Crippen LogP contribution is -2.33. The molecule has 0 spiro atoms. The maximum Gasteiger partial charge on any atom is 0.0704 e. The quantitative estimate of drug-likeness (QED) is 0.756. The van der Waals surface area contributed by atoms with Gasteiger partial charge < -0.3 is 0 Å². The van der Waals surface area contributed by atoms with Crippen LogP contribution < -0.4 is 0 Å². The number of benzene rings is 1. The molecule has 1 aromatic heterocycles. The minimum Gasteiger partial charge on any atom is -0.256 e. The van der Waals surface area contributed by atoms with Gasteiger partial charge in [-0.1, -0.05) is 55.3 Å². The molecule has 1 nitrogen and oxygen atoms in total. The molecule has 0 bridgehead atoms. The SMILES string of the molecule is [B]C([B])(c1ccc(-c2ccccc2C)nc1)C(C)C. The van der Waals surface area contributed by atoms with Gasteiger partial charge in [-0.05, 0) is 24.1 Å². The predicted octanol–water partition coefficient (Wildman–Crippen LogP) is 3.20. The van der Waals surface area contributed by atoms with Gasteiger partial charge in [0.1, 0.15) is 0 Å². The van der Waals surface area contributed by atoms with E-state index >= 15 is 0 Å². The molecule has 0 atom stereocenters. The predicted molar refractivity (Wildman–Crippen MR) is 82.4 cm³/mol. The lowest BCUT2D eigenvalue weighted by atomic mass is 9.46. The normalized spacial score (nSPS) is 11.8. The number of aromatic nitrogens is 1. The maximum atomic E-state index is 6.14. The van der Waals surface area contributed by atoms with E-state index < -0.39 is 5.21 Å². The van der Waals surface area contributed by atoms with Gasteiger partial charge in [0, 0.05) is 11.8 Å². The number of hydrogen-bond donors (Lipinski definition) is 0. The minimum atomic E-state index is -0.836. The van der Waals surface area contributed by atoms with Gasteiger partial charge in [-0.25, -0.2) is 0 Å². The number of hydrogen-bond acceptors (Lipinski definition) is 1. The zero-order chi connectivity index (χ0) is 14.0. The summed E-state index contributed by atoms with van der Waals surface area (Å²) in [5, 5.41) is -0.836. The van der Waals surface area contributed by atoms with Crippen molar-refractivity contribution in [3.05, 3.63) is 53.7 Å². The van der Waals surface area contributed by atoms with Crippen molar-refractivity contribution in [1.82, 2.24) is 4.98 Å². The van der Waals surface area contributed by atoms with Crippen LogP contribution in [0.4, 0.5) is 0 Å². The van der Waals surface area contributed by atoms with Crippen LogP contribution in [-0.4, -0.2) is 20.7 Å². The highest BCUT2D eigenvalue weighted by Gasteiger charge is 2.23. The van der Waals surface area contributed by atoms with Crippen molar-refractivity contribution >= 4 is 15.7 Å². The van der Waals surface area contributed by atoms with Gasteiger partial charge in [0.25, 0.3) is 0 Å². The van der Waals surface area contributed by atoms with Crippen LogP contribution in [0.2, 0.25) is 0 Å². The summed E-state index contributed by atoms with van der Waals surface area (Å²) < 4.78 is 0. The van der Waals surface area contributed by atoms with Crippen LogP contribution in [0.5, 0.6) is 0 Å². The number of nitrogens with zero attached hydrogens (tertiary/aromatic N) is 1. The third-order valence-corrected chi connectivity index (χ3v) is 3.64. The number of rotatable bonds is 3. The Morgan fingerprint density at radius 3 is 2.26 bits per heavy atom. The summed E-state index contributed by atoms with van der Waals surface area (Å²) in [6.07, 6.45) is 1.78. The van der Waals surface area contributed by atoms with E-state index in [9.17, 15) is 0 Å². The number of pyridine rings is 1. The van der Waals surface area contributed by atoms with E-state index in [1.165, 1.54) is 5.56 Å². The summed E-state index contributed by atoms with van der Waals surface area (Å²) in [5.74, 6) is 0.151. The average molecular weight is 245 g/mol. The molecule has 0 fully saturated rings.